The first kappa shape index (κ1) is 23.1. The average molecular weight is 408 g/mol. The number of hydrogen-bond donors (Lipinski definition) is 3. The number of hydrogen-bond acceptors (Lipinski definition) is 7. The molecule has 0 saturated heterocycles. The third-order valence-corrected chi connectivity index (χ3v) is 3.18. The summed E-state index contributed by atoms with van der Waals surface area (Å²) in [6.45, 7) is 5.26. The van der Waals surface area contributed by atoms with Crippen LogP contribution in [0.15, 0.2) is 5.38 Å². The molecule has 0 aliphatic rings. The SMILES string of the molecule is CC(C)(C)OC(=O)Nc1nc(CC(=O)O)cs1.O=S(=O)(O)C(F)(F)F. The number of carbonyl (C=O) groups excluding carboxylic acids is 1. The molecule has 144 valence electrons. The second-order valence-corrected chi connectivity index (χ2v) is 7.53. The Labute approximate surface area is 144 Å². The van der Waals surface area contributed by atoms with E-state index in [2.05, 4.69) is 10.3 Å². The molecule has 0 aromatic carbocycles. The smallest absolute Gasteiger partial charge is 0.481 e. The Balaban J connectivity index is 0.000000609. The molecule has 1 aromatic heterocycles. The number of alkyl halides is 3. The minimum atomic E-state index is -5.84. The van der Waals surface area contributed by atoms with Crippen molar-refractivity contribution in [1.29, 1.82) is 0 Å². The van der Waals surface area contributed by atoms with Gasteiger partial charge in [0, 0.05) is 5.38 Å². The number of anilines is 1. The molecule has 0 atom stereocenters. The lowest BCUT2D eigenvalue weighted by molar-refractivity contribution is -0.136. The van der Waals surface area contributed by atoms with Gasteiger partial charge in [0.15, 0.2) is 5.13 Å². The van der Waals surface area contributed by atoms with Crippen LogP contribution in [0.1, 0.15) is 26.5 Å². The molecule has 1 aromatic rings. The number of rotatable bonds is 3. The van der Waals surface area contributed by atoms with Gasteiger partial charge in [0.1, 0.15) is 5.60 Å². The number of nitrogens with zero attached hydrogens (tertiary/aromatic N) is 1. The van der Waals surface area contributed by atoms with Crippen molar-refractivity contribution < 1.29 is 45.6 Å². The highest BCUT2D eigenvalue weighted by atomic mass is 32.2. The van der Waals surface area contributed by atoms with Gasteiger partial charge in [0.05, 0.1) is 12.1 Å². The highest BCUT2D eigenvalue weighted by Gasteiger charge is 2.44. The van der Waals surface area contributed by atoms with Crippen molar-refractivity contribution in [3.05, 3.63) is 11.1 Å². The number of aliphatic carboxylic acids is 1. The second-order valence-electron chi connectivity index (χ2n) is 5.26. The van der Waals surface area contributed by atoms with Crippen LogP contribution in [-0.4, -0.2) is 46.2 Å². The van der Waals surface area contributed by atoms with Gasteiger partial charge in [0.2, 0.25) is 0 Å². The molecule has 0 unspecified atom stereocenters. The van der Waals surface area contributed by atoms with E-state index < -0.39 is 33.3 Å². The normalized spacial score (nSPS) is 12.0. The Kier molecular flexibility index (Phi) is 7.79. The van der Waals surface area contributed by atoms with Crippen LogP contribution in [0.25, 0.3) is 0 Å². The van der Waals surface area contributed by atoms with Gasteiger partial charge in [-0.15, -0.1) is 11.3 Å². The van der Waals surface area contributed by atoms with Gasteiger partial charge in [-0.2, -0.15) is 21.6 Å². The summed E-state index contributed by atoms with van der Waals surface area (Å²) in [5.41, 5.74) is -5.70. The summed E-state index contributed by atoms with van der Waals surface area (Å²) in [5.74, 6) is -0.959. The Hall–Kier alpha value is -1.93. The average Bonchev–Trinajstić information content (AvgIpc) is 2.70. The fourth-order valence-electron chi connectivity index (χ4n) is 0.991. The molecule has 0 saturated carbocycles. The van der Waals surface area contributed by atoms with Crippen LogP contribution in [0.4, 0.5) is 23.1 Å². The molecule has 1 heterocycles. The summed E-state index contributed by atoms with van der Waals surface area (Å²) in [6, 6.07) is 0. The first-order valence-corrected chi connectivity index (χ1v) is 8.53. The minimum Gasteiger partial charge on any atom is -0.481 e. The zero-order chi connectivity index (χ0) is 20.1. The molecule has 3 N–H and O–H groups in total. The van der Waals surface area contributed by atoms with E-state index in [-0.39, 0.29) is 6.42 Å². The van der Waals surface area contributed by atoms with Gasteiger partial charge in [-0.3, -0.25) is 14.7 Å². The van der Waals surface area contributed by atoms with Crippen molar-refractivity contribution in [1.82, 2.24) is 4.98 Å². The quantitative estimate of drug-likeness (QED) is 0.511. The molecule has 1 rings (SSSR count). The molecule has 1 amide bonds. The van der Waals surface area contributed by atoms with Gasteiger partial charge in [-0.1, -0.05) is 0 Å². The molecule has 0 fully saturated rings. The Bertz CT molecular complexity index is 708. The Morgan fingerprint density at radius 1 is 1.32 bits per heavy atom. The van der Waals surface area contributed by atoms with E-state index in [0.717, 1.165) is 11.3 Å². The van der Waals surface area contributed by atoms with Gasteiger partial charge >= 0.3 is 27.7 Å². The number of amides is 1. The summed E-state index contributed by atoms with van der Waals surface area (Å²) in [7, 11) is -5.84. The number of carboxylic acids is 1. The van der Waals surface area contributed by atoms with Crippen molar-refractivity contribution in [2.24, 2.45) is 0 Å². The third kappa shape index (κ3) is 10.5. The number of carboxylic acid groups (broad SMARTS) is 1. The summed E-state index contributed by atoms with van der Waals surface area (Å²) in [6.07, 6.45) is -0.763. The number of thiazole rings is 1. The molecule has 9 nitrogen and oxygen atoms in total. The lowest BCUT2D eigenvalue weighted by atomic mass is 10.2. The molecule has 0 bridgehead atoms. The van der Waals surface area contributed by atoms with Crippen molar-refractivity contribution in [3.8, 4) is 0 Å². The number of halogens is 3. The van der Waals surface area contributed by atoms with E-state index in [4.69, 9.17) is 22.8 Å². The zero-order valence-electron chi connectivity index (χ0n) is 13.1. The lowest BCUT2D eigenvalue weighted by Gasteiger charge is -2.18. The summed E-state index contributed by atoms with van der Waals surface area (Å²) in [4.78, 5) is 25.8. The molecule has 0 aliphatic carbocycles. The summed E-state index contributed by atoms with van der Waals surface area (Å²) >= 11 is 1.16. The fourth-order valence-corrected chi connectivity index (χ4v) is 1.69. The molecule has 14 heteroatoms. The fraction of sp³-hybridized carbons (Fsp3) is 0.545. The third-order valence-electron chi connectivity index (χ3n) is 1.78. The highest BCUT2D eigenvalue weighted by molar-refractivity contribution is 7.86. The number of aromatic nitrogens is 1. The maximum absolute atomic E-state index is 11.4. The number of carbonyl (C=O) groups is 2. The minimum absolute atomic E-state index is 0.160. The van der Waals surface area contributed by atoms with E-state index in [1.807, 2.05) is 0 Å². The van der Waals surface area contributed by atoms with E-state index >= 15 is 0 Å². The zero-order valence-corrected chi connectivity index (χ0v) is 14.8. The van der Waals surface area contributed by atoms with Crippen molar-refractivity contribution in [3.63, 3.8) is 0 Å². The highest BCUT2D eigenvalue weighted by Crippen LogP contribution is 2.20. The van der Waals surface area contributed by atoms with E-state index in [0.29, 0.717) is 10.8 Å². The molecule has 0 radical (unpaired) electrons. The maximum Gasteiger partial charge on any atom is 0.522 e. The molecular formula is C11H15F3N2O7S2. The standard InChI is InChI=1S/C10H14N2O4S.CHF3O3S/c1-10(2,3)16-9(15)12-8-11-6(5-17-8)4-7(13)14;2-1(3,4)8(5,6)7/h5H,4H2,1-3H3,(H,13,14)(H,11,12,15);(H,5,6,7). The maximum atomic E-state index is 11.4. The van der Waals surface area contributed by atoms with Gasteiger partial charge in [-0.05, 0) is 20.8 Å². The van der Waals surface area contributed by atoms with E-state index in [9.17, 15) is 22.8 Å². The van der Waals surface area contributed by atoms with Crippen molar-refractivity contribution in [2.45, 2.75) is 38.3 Å². The molecule has 0 aliphatic heterocycles. The second kappa shape index (κ2) is 8.44. The molecular weight excluding hydrogens is 393 g/mol. The number of ether oxygens (including phenoxy) is 1. The van der Waals surface area contributed by atoms with Crippen LogP contribution in [0.3, 0.4) is 0 Å². The lowest BCUT2D eigenvalue weighted by Crippen LogP contribution is -2.27. The van der Waals surface area contributed by atoms with Crippen molar-refractivity contribution in [2.75, 3.05) is 5.32 Å². The largest absolute Gasteiger partial charge is 0.522 e. The van der Waals surface area contributed by atoms with E-state index in [1.54, 1.807) is 26.2 Å². The monoisotopic (exact) mass is 408 g/mol. The predicted octanol–water partition coefficient (Wildman–Crippen LogP) is 2.51. The van der Waals surface area contributed by atoms with Gasteiger partial charge < -0.3 is 9.84 Å². The summed E-state index contributed by atoms with van der Waals surface area (Å²) in [5, 5.41) is 12.9. The van der Waals surface area contributed by atoms with E-state index in [1.165, 1.54) is 0 Å². The predicted molar refractivity (Wildman–Crippen MR) is 80.9 cm³/mol. The topological polar surface area (TPSA) is 143 Å². The molecule has 0 spiro atoms. The Morgan fingerprint density at radius 3 is 2.16 bits per heavy atom. The van der Waals surface area contributed by atoms with Gasteiger partial charge in [-0.25, -0.2) is 9.78 Å². The Morgan fingerprint density at radius 2 is 1.80 bits per heavy atom. The van der Waals surface area contributed by atoms with Gasteiger partial charge in [0.25, 0.3) is 0 Å². The van der Waals surface area contributed by atoms with Crippen LogP contribution in [0.2, 0.25) is 0 Å². The van der Waals surface area contributed by atoms with Crippen molar-refractivity contribution >= 4 is 38.6 Å². The van der Waals surface area contributed by atoms with Crippen LogP contribution in [0, 0.1) is 0 Å². The van der Waals surface area contributed by atoms with Crippen LogP contribution in [0.5, 0.6) is 0 Å². The van der Waals surface area contributed by atoms with Crippen LogP contribution < -0.4 is 5.32 Å². The summed E-state index contributed by atoms with van der Waals surface area (Å²) < 4.78 is 62.6. The van der Waals surface area contributed by atoms with Crippen LogP contribution >= 0.6 is 11.3 Å². The number of nitrogens with one attached hydrogen (secondary N) is 1. The first-order chi connectivity index (χ1) is 11.0. The van der Waals surface area contributed by atoms with Crippen LogP contribution in [-0.2, 0) is 26.1 Å². The molecule has 25 heavy (non-hydrogen) atoms. The first-order valence-electron chi connectivity index (χ1n) is 6.21.